The molecule has 4 heteroatoms. The lowest BCUT2D eigenvalue weighted by Crippen LogP contribution is -2.35. The third-order valence-electron chi connectivity index (χ3n) is 2.20. The van der Waals surface area contributed by atoms with E-state index in [1.165, 1.54) is 12.1 Å². The molecule has 0 spiro atoms. The topological polar surface area (TPSA) is 38.0 Å². The lowest BCUT2D eigenvalue weighted by molar-refractivity contribution is 0.551. The van der Waals surface area contributed by atoms with Crippen LogP contribution in [0, 0.1) is 11.6 Å². The second-order valence-corrected chi connectivity index (χ2v) is 3.96. The quantitative estimate of drug-likeness (QED) is 0.469. The summed E-state index contributed by atoms with van der Waals surface area (Å²) in [7, 11) is 0. The first-order valence-corrected chi connectivity index (χ1v) is 5.08. The fourth-order valence-corrected chi connectivity index (χ4v) is 1.49. The molecule has 1 rings (SSSR count). The molecule has 0 bridgehead atoms. The summed E-state index contributed by atoms with van der Waals surface area (Å²) in [6.07, 6.45) is 2.30. The molecule has 1 aromatic carbocycles. The van der Waals surface area contributed by atoms with Crippen molar-refractivity contribution >= 4 is 0 Å². The molecule has 88 valence electrons. The van der Waals surface area contributed by atoms with Gasteiger partial charge in [0, 0.05) is 12.1 Å². The molecule has 2 nitrogen and oxygen atoms in total. The molecule has 0 saturated carbocycles. The highest BCUT2D eigenvalue weighted by atomic mass is 19.1. The van der Waals surface area contributed by atoms with Crippen molar-refractivity contribution in [1.29, 1.82) is 0 Å². The molecule has 0 aliphatic carbocycles. The average Bonchev–Trinajstić information content (AvgIpc) is 2.20. The van der Waals surface area contributed by atoms with E-state index in [-0.39, 0.29) is 6.04 Å². The van der Waals surface area contributed by atoms with Gasteiger partial charge in [0.1, 0.15) is 11.6 Å². The minimum Gasteiger partial charge on any atom is -0.271 e. The Labute approximate surface area is 94.1 Å². The van der Waals surface area contributed by atoms with Crippen LogP contribution >= 0.6 is 0 Å². The number of hydrogen-bond acceptors (Lipinski definition) is 2. The number of halogens is 2. The molecule has 3 N–H and O–H groups in total. The number of hydrogen-bond donors (Lipinski definition) is 2. The molecule has 1 aromatic rings. The van der Waals surface area contributed by atoms with Crippen LogP contribution in [0.1, 0.15) is 19.4 Å². The number of nitrogens with two attached hydrogens (primary N) is 1. The van der Waals surface area contributed by atoms with Gasteiger partial charge in [-0.15, -0.1) is 0 Å². The van der Waals surface area contributed by atoms with Gasteiger partial charge in [0.15, 0.2) is 0 Å². The Hall–Kier alpha value is -1.26. The molecule has 0 fully saturated rings. The minimum absolute atomic E-state index is 0.148. The van der Waals surface area contributed by atoms with E-state index in [9.17, 15) is 8.78 Å². The van der Waals surface area contributed by atoms with E-state index in [2.05, 4.69) is 5.43 Å². The summed E-state index contributed by atoms with van der Waals surface area (Å²) in [6, 6.07) is 3.42. The van der Waals surface area contributed by atoms with E-state index >= 15 is 0 Å². The van der Waals surface area contributed by atoms with E-state index in [0.29, 0.717) is 12.0 Å². The lowest BCUT2D eigenvalue weighted by Gasteiger charge is -2.13. The Balaban J connectivity index is 2.82. The van der Waals surface area contributed by atoms with Gasteiger partial charge in [-0.2, -0.15) is 0 Å². The minimum atomic E-state index is -0.569. The summed E-state index contributed by atoms with van der Waals surface area (Å²) in [6.45, 7) is 3.87. The summed E-state index contributed by atoms with van der Waals surface area (Å²) in [5, 5.41) is 0. The Morgan fingerprint density at radius 1 is 1.44 bits per heavy atom. The van der Waals surface area contributed by atoms with Gasteiger partial charge in [-0.05, 0) is 31.9 Å². The van der Waals surface area contributed by atoms with Crippen LogP contribution in [0.2, 0.25) is 0 Å². The zero-order valence-electron chi connectivity index (χ0n) is 9.43. The first-order chi connectivity index (χ1) is 7.52. The smallest absolute Gasteiger partial charge is 0.129 e. The van der Waals surface area contributed by atoms with Crippen LogP contribution in [0.25, 0.3) is 0 Å². The maximum absolute atomic E-state index is 13.4. The molecule has 16 heavy (non-hydrogen) atoms. The fourth-order valence-electron chi connectivity index (χ4n) is 1.49. The SMILES string of the molecule is CC(C)=CC(Cc1ccc(F)cc1F)NN. The first-order valence-electron chi connectivity index (χ1n) is 5.08. The average molecular weight is 226 g/mol. The van der Waals surface area contributed by atoms with E-state index in [1.54, 1.807) is 0 Å². The predicted octanol–water partition coefficient (Wildman–Crippen LogP) is 2.31. The summed E-state index contributed by atoms with van der Waals surface area (Å²) >= 11 is 0. The Morgan fingerprint density at radius 3 is 2.62 bits per heavy atom. The third kappa shape index (κ3) is 3.72. The van der Waals surface area contributed by atoms with E-state index in [1.807, 2.05) is 19.9 Å². The Bertz CT molecular complexity index is 385. The van der Waals surface area contributed by atoms with Crippen molar-refractivity contribution in [2.75, 3.05) is 0 Å². The first kappa shape index (κ1) is 12.8. The van der Waals surface area contributed by atoms with E-state index < -0.39 is 11.6 Å². The zero-order valence-corrected chi connectivity index (χ0v) is 9.43. The van der Waals surface area contributed by atoms with E-state index in [0.717, 1.165) is 11.6 Å². The van der Waals surface area contributed by atoms with Crippen molar-refractivity contribution < 1.29 is 8.78 Å². The highest BCUT2D eigenvalue weighted by molar-refractivity contribution is 5.21. The van der Waals surface area contributed by atoms with Gasteiger partial charge in [-0.1, -0.05) is 17.7 Å². The summed E-state index contributed by atoms with van der Waals surface area (Å²) in [5.41, 5.74) is 4.12. The van der Waals surface area contributed by atoms with Crippen LogP contribution in [0.15, 0.2) is 29.8 Å². The number of hydrazine groups is 1. The molecule has 1 atom stereocenters. The van der Waals surface area contributed by atoms with Crippen LogP contribution < -0.4 is 11.3 Å². The number of rotatable bonds is 4. The highest BCUT2D eigenvalue weighted by Gasteiger charge is 2.09. The van der Waals surface area contributed by atoms with Gasteiger partial charge < -0.3 is 0 Å². The number of nitrogens with one attached hydrogen (secondary N) is 1. The second kappa shape index (κ2) is 5.72. The van der Waals surface area contributed by atoms with Crippen LogP contribution in [-0.2, 0) is 6.42 Å². The number of benzene rings is 1. The molecule has 0 radical (unpaired) electrons. The molecule has 0 aromatic heterocycles. The van der Waals surface area contributed by atoms with Crippen molar-refractivity contribution in [3.8, 4) is 0 Å². The van der Waals surface area contributed by atoms with Gasteiger partial charge >= 0.3 is 0 Å². The fraction of sp³-hybridized carbons (Fsp3) is 0.333. The summed E-state index contributed by atoms with van der Waals surface area (Å²) in [5.74, 6) is 4.25. The van der Waals surface area contributed by atoms with Crippen molar-refractivity contribution in [3.05, 3.63) is 47.0 Å². The van der Waals surface area contributed by atoms with Gasteiger partial charge in [-0.25, -0.2) is 8.78 Å². The highest BCUT2D eigenvalue weighted by Crippen LogP contribution is 2.12. The third-order valence-corrected chi connectivity index (χ3v) is 2.20. The maximum atomic E-state index is 13.4. The van der Waals surface area contributed by atoms with Crippen molar-refractivity contribution in [1.82, 2.24) is 5.43 Å². The van der Waals surface area contributed by atoms with Crippen LogP contribution in [0.4, 0.5) is 8.78 Å². The molecular formula is C12H16F2N2. The molecule has 0 amide bonds. The Kier molecular flexibility index (Phi) is 4.58. The zero-order chi connectivity index (χ0) is 12.1. The standard InChI is InChI=1S/C12H16F2N2/c1-8(2)5-11(16-15)6-9-3-4-10(13)7-12(9)14/h3-5,7,11,16H,6,15H2,1-2H3. The molecule has 0 saturated heterocycles. The Morgan fingerprint density at radius 2 is 2.12 bits per heavy atom. The van der Waals surface area contributed by atoms with Crippen molar-refractivity contribution in [3.63, 3.8) is 0 Å². The van der Waals surface area contributed by atoms with E-state index in [4.69, 9.17) is 5.84 Å². The molecule has 0 heterocycles. The monoisotopic (exact) mass is 226 g/mol. The normalized spacial score (nSPS) is 12.3. The van der Waals surface area contributed by atoms with Gasteiger partial charge in [0.2, 0.25) is 0 Å². The molecular weight excluding hydrogens is 210 g/mol. The number of allylic oxidation sites excluding steroid dienone is 1. The van der Waals surface area contributed by atoms with Gasteiger partial charge in [0.05, 0.1) is 0 Å². The van der Waals surface area contributed by atoms with Crippen molar-refractivity contribution in [2.24, 2.45) is 5.84 Å². The second-order valence-electron chi connectivity index (χ2n) is 3.96. The lowest BCUT2D eigenvalue weighted by atomic mass is 10.0. The summed E-state index contributed by atoms with van der Waals surface area (Å²) < 4.78 is 26.0. The van der Waals surface area contributed by atoms with Crippen molar-refractivity contribution in [2.45, 2.75) is 26.3 Å². The van der Waals surface area contributed by atoms with Crippen LogP contribution in [-0.4, -0.2) is 6.04 Å². The largest absolute Gasteiger partial charge is 0.271 e. The maximum Gasteiger partial charge on any atom is 0.129 e. The molecule has 0 aliphatic heterocycles. The van der Waals surface area contributed by atoms with Gasteiger partial charge in [0.25, 0.3) is 0 Å². The van der Waals surface area contributed by atoms with Crippen LogP contribution in [0.5, 0.6) is 0 Å². The molecule has 1 unspecified atom stereocenters. The van der Waals surface area contributed by atoms with Gasteiger partial charge in [-0.3, -0.25) is 11.3 Å². The predicted molar refractivity (Wildman–Crippen MR) is 60.6 cm³/mol. The molecule has 0 aliphatic rings. The van der Waals surface area contributed by atoms with Crippen LogP contribution in [0.3, 0.4) is 0 Å². The summed E-state index contributed by atoms with van der Waals surface area (Å²) in [4.78, 5) is 0.